The van der Waals surface area contributed by atoms with Crippen LogP contribution in [0.15, 0.2) is 47.3 Å². The van der Waals surface area contributed by atoms with E-state index in [1.54, 1.807) is 24.3 Å². The van der Waals surface area contributed by atoms with Crippen LogP contribution in [0, 0.1) is 0 Å². The Hall–Kier alpha value is -3.57. The molecule has 0 aliphatic heterocycles. The van der Waals surface area contributed by atoms with Crippen LogP contribution in [0.4, 0.5) is 26.3 Å². The van der Waals surface area contributed by atoms with E-state index in [4.69, 9.17) is 4.74 Å². The summed E-state index contributed by atoms with van der Waals surface area (Å²) in [6.07, 6.45) is -9.98. The Bertz CT molecular complexity index is 1320. The van der Waals surface area contributed by atoms with Gasteiger partial charge < -0.3 is 4.74 Å². The van der Waals surface area contributed by atoms with Gasteiger partial charge in [0.1, 0.15) is 12.4 Å². The van der Waals surface area contributed by atoms with Gasteiger partial charge in [0, 0.05) is 7.05 Å². The number of aryl methyl sites for hydroxylation is 1. The average Bonchev–Trinajstić information content (AvgIpc) is 3.13. The molecule has 4 rings (SSSR count). The molecule has 0 aliphatic rings. The predicted molar refractivity (Wildman–Crippen MR) is 96.5 cm³/mol. The van der Waals surface area contributed by atoms with E-state index >= 15 is 0 Å². The Morgan fingerprint density at radius 1 is 0.935 bits per heavy atom. The van der Waals surface area contributed by atoms with Crippen molar-refractivity contribution in [3.05, 3.63) is 69.8 Å². The lowest BCUT2D eigenvalue weighted by molar-refractivity contribution is -0.143. The first kappa shape index (κ1) is 20.7. The summed E-state index contributed by atoms with van der Waals surface area (Å²) in [6, 6.07) is 7.47. The summed E-state index contributed by atoms with van der Waals surface area (Å²) in [5.74, 6) is -0.400. The highest BCUT2D eigenvalue weighted by Crippen LogP contribution is 2.38. The van der Waals surface area contributed by atoms with E-state index in [-0.39, 0.29) is 23.2 Å². The molecule has 0 atom stereocenters. The maximum atomic E-state index is 13.0. The smallest absolute Gasteiger partial charge is 0.416 e. The van der Waals surface area contributed by atoms with Gasteiger partial charge in [0.15, 0.2) is 5.82 Å². The zero-order chi connectivity index (χ0) is 22.6. The van der Waals surface area contributed by atoms with Crippen molar-refractivity contribution in [3.63, 3.8) is 0 Å². The maximum Gasteiger partial charge on any atom is 0.416 e. The molecule has 0 radical (unpaired) electrons. The van der Waals surface area contributed by atoms with E-state index in [1.165, 1.54) is 16.0 Å². The number of rotatable bonds is 3. The van der Waals surface area contributed by atoms with Crippen molar-refractivity contribution in [2.45, 2.75) is 19.0 Å². The molecule has 0 saturated carbocycles. The fourth-order valence-corrected chi connectivity index (χ4v) is 3.14. The highest BCUT2D eigenvalue weighted by Gasteiger charge is 2.37. The Kier molecular flexibility index (Phi) is 4.67. The predicted octanol–water partition coefficient (Wildman–Crippen LogP) is 4.20. The second-order valence-electron chi connectivity index (χ2n) is 6.66. The molecule has 0 fully saturated rings. The van der Waals surface area contributed by atoms with Crippen molar-refractivity contribution in [2.24, 2.45) is 7.05 Å². The van der Waals surface area contributed by atoms with Crippen molar-refractivity contribution in [1.82, 2.24) is 19.2 Å². The summed E-state index contributed by atoms with van der Waals surface area (Å²) >= 11 is 0. The summed E-state index contributed by atoms with van der Waals surface area (Å²) in [4.78, 5) is 12.4. The van der Waals surface area contributed by atoms with Crippen molar-refractivity contribution >= 4 is 16.7 Å². The molecule has 0 spiro atoms. The maximum absolute atomic E-state index is 13.0. The van der Waals surface area contributed by atoms with E-state index in [9.17, 15) is 31.1 Å². The van der Waals surface area contributed by atoms with Crippen LogP contribution < -0.4 is 10.3 Å². The number of aromatic nitrogens is 4. The molecule has 4 aromatic rings. The lowest BCUT2D eigenvalue weighted by atomic mass is 10.1. The SMILES string of the molecule is Cn1c(=O)c2ccccc2n2c(COc3cc(C(F)(F)F)cc(C(F)(F)F)c3)nnc12. The molecule has 0 N–H and O–H groups in total. The Balaban J connectivity index is 1.78. The van der Waals surface area contributed by atoms with Crippen molar-refractivity contribution in [1.29, 1.82) is 0 Å². The molecule has 0 saturated heterocycles. The van der Waals surface area contributed by atoms with Crippen LogP contribution in [0.5, 0.6) is 5.75 Å². The van der Waals surface area contributed by atoms with Crippen LogP contribution >= 0.6 is 0 Å². The minimum Gasteiger partial charge on any atom is -0.486 e. The van der Waals surface area contributed by atoms with E-state index in [1.807, 2.05) is 0 Å². The molecular formula is C19H12F6N4O2. The third kappa shape index (κ3) is 3.68. The molecule has 2 heterocycles. The second-order valence-corrected chi connectivity index (χ2v) is 6.66. The Labute approximate surface area is 169 Å². The van der Waals surface area contributed by atoms with E-state index in [2.05, 4.69) is 10.2 Å². The van der Waals surface area contributed by atoms with Gasteiger partial charge in [-0.2, -0.15) is 26.3 Å². The summed E-state index contributed by atoms with van der Waals surface area (Å²) in [5, 5.41) is 8.11. The number of halogens is 6. The van der Waals surface area contributed by atoms with Gasteiger partial charge in [-0.3, -0.25) is 13.8 Å². The molecule has 0 aliphatic carbocycles. The zero-order valence-electron chi connectivity index (χ0n) is 15.6. The Morgan fingerprint density at radius 2 is 1.55 bits per heavy atom. The molecule has 12 heteroatoms. The first-order chi connectivity index (χ1) is 14.5. The monoisotopic (exact) mass is 442 g/mol. The average molecular weight is 442 g/mol. The van der Waals surface area contributed by atoms with E-state index in [0.717, 1.165) is 0 Å². The summed E-state index contributed by atoms with van der Waals surface area (Å²) < 4.78 is 86.1. The van der Waals surface area contributed by atoms with Gasteiger partial charge in [0.05, 0.1) is 22.0 Å². The highest BCUT2D eigenvalue weighted by molar-refractivity contribution is 5.80. The number of fused-ring (bicyclic) bond motifs is 3. The minimum absolute atomic E-state index is 0.0165. The van der Waals surface area contributed by atoms with Gasteiger partial charge in [-0.25, -0.2) is 0 Å². The van der Waals surface area contributed by atoms with E-state index < -0.39 is 35.8 Å². The molecular weight excluding hydrogens is 430 g/mol. The van der Waals surface area contributed by atoms with Crippen LogP contribution in [0.2, 0.25) is 0 Å². The van der Waals surface area contributed by atoms with Crippen LogP contribution in [-0.2, 0) is 26.0 Å². The number of hydrogen-bond donors (Lipinski definition) is 0. The lowest BCUT2D eigenvalue weighted by Crippen LogP contribution is -2.20. The molecule has 6 nitrogen and oxygen atoms in total. The zero-order valence-corrected chi connectivity index (χ0v) is 15.6. The van der Waals surface area contributed by atoms with Gasteiger partial charge in [-0.1, -0.05) is 12.1 Å². The van der Waals surface area contributed by atoms with Gasteiger partial charge >= 0.3 is 12.4 Å². The largest absolute Gasteiger partial charge is 0.486 e. The fraction of sp³-hybridized carbons (Fsp3) is 0.211. The van der Waals surface area contributed by atoms with Gasteiger partial charge in [0.25, 0.3) is 5.56 Å². The second kappa shape index (κ2) is 7.00. The number of nitrogens with zero attached hydrogens (tertiary/aromatic N) is 4. The number of benzene rings is 2. The molecule has 162 valence electrons. The summed E-state index contributed by atoms with van der Waals surface area (Å²) in [6.45, 7) is -0.484. The van der Waals surface area contributed by atoms with Crippen LogP contribution in [0.1, 0.15) is 17.0 Å². The lowest BCUT2D eigenvalue weighted by Gasteiger charge is -2.14. The van der Waals surface area contributed by atoms with Crippen LogP contribution in [0.25, 0.3) is 16.7 Å². The van der Waals surface area contributed by atoms with Crippen molar-refractivity contribution in [2.75, 3.05) is 0 Å². The number of para-hydroxylation sites is 1. The Morgan fingerprint density at radius 3 is 2.16 bits per heavy atom. The van der Waals surface area contributed by atoms with Gasteiger partial charge in [-0.15, -0.1) is 10.2 Å². The number of hydrogen-bond acceptors (Lipinski definition) is 4. The van der Waals surface area contributed by atoms with Crippen molar-refractivity contribution < 1.29 is 31.1 Å². The first-order valence-electron chi connectivity index (χ1n) is 8.71. The third-order valence-electron chi connectivity index (χ3n) is 4.62. The normalized spacial score (nSPS) is 12.6. The molecule has 31 heavy (non-hydrogen) atoms. The van der Waals surface area contributed by atoms with Gasteiger partial charge in [-0.05, 0) is 30.3 Å². The van der Waals surface area contributed by atoms with Crippen molar-refractivity contribution in [3.8, 4) is 5.75 Å². The third-order valence-corrected chi connectivity index (χ3v) is 4.62. The van der Waals surface area contributed by atoms with Crippen LogP contribution in [0.3, 0.4) is 0 Å². The number of alkyl halides is 6. The minimum atomic E-state index is -4.99. The molecule has 2 aromatic heterocycles. The summed E-state index contributed by atoms with van der Waals surface area (Å²) in [7, 11) is 1.46. The molecule has 2 aromatic carbocycles. The quantitative estimate of drug-likeness (QED) is 0.447. The molecule has 0 amide bonds. The molecule has 0 bridgehead atoms. The number of ether oxygens (including phenoxy) is 1. The van der Waals surface area contributed by atoms with Crippen LogP contribution in [-0.4, -0.2) is 19.2 Å². The standard InChI is InChI=1S/C19H12F6N4O2/c1-28-16(30)13-4-2-3-5-14(13)29-15(26-27-17(28)29)9-31-12-7-10(18(20,21)22)6-11(8-12)19(23,24)25/h2-8H,9H2,1H3. The van der Waals surface area contributed by atoms with Gasteiger partial charge in [0.2, 0.25) is 5.78 Å². The highest BCUT2D eigenvalue weighted by atomic mass is 19.4. The van der Waals surface area contributed by atoms with E-state index in [0.29, 0.717) is 23.0 Å². The summed E-state index contributed by atoms with van der Waals surface area (Å²) in [5.41, 5.74) is -2.90. The first-order valence-corrected chi connectivity index (χ1v) is 8.71. The molecule has 0 unspecified atom stereocenters. The topological polar surface area (TPSA) is 61.4 Å². The fourth-order valence-electron chi connectivity index (χ4n) is 3.14.